The number of carbonyl (C=O) groups excluding carboxylic acids is 1. The van der Waals surface area contributed by atoms with Crippen molar-refractivity contribution in [1.82, 2.24) is 5.32 Å². The monoisotopic (exact) mass is 275 g/mol. The van der Waals surface area contributed by atoms with E-state index in [2.05, 4.69) is 5.32 Å². The fraction of sp³-hybridized carbons (Fsp3) is 0.333. The van der Waals surface area contributed by atoms with Crippen molar-refractivity contribution in [2.75, 3.05) is 0 Å². The van der Waals surface area contributed by atoms with Crippen LogP contribution >= 0.6 is 0 Å². The third-order valence-corrected chi connectivity index (χ3v) is 2.41. The van der Waals surface area contributed by atoms with E-state index in [-0.39, 0.29) is 18.4 Å². The molecule has 1 aromatic carbocycles. The molecule has 0 aliphatic heterocycles. The van der Waals surface area contributed by atoms with Gasteiger partial charge in [-0.2, -0.15) is 0 Å². The van der Waals surface area contributed by atoms with Crippen LogP contribution in [0.2, 0.25) is 0 Å². The van der Waals surface area contributed by atoms with Crippen molar-refractivity contribution < 1.29 is 27.9 Å². The van der Waals surface area contributed by atoms with E-state index in [1.54, 1.807) is 6.92 Å². The van der Waals surface area contributed by atoms with Crippen LogP contribution in [0.25, 0.3) is 0 Å². The smallest absolute Gasteiger partial charge is 0.303 e. The second kappa shape index (κ2) is 6.21. The van der Waals surface area contributed by atoms with Gasteiger partial charge in [0.15, 0.2) is 17.5 Å². The first kappa shape index (κ1) is 15.0. The predicted molar refractivity (Wildman–Crippen MR) is 60.1 cm³/mol. The Morgan fingerprint density at radius 2 is 1.79 bits per heavy atom. The Kier molecular flexibility index (Phi) is 4.91. The Morgan fingerprint density at radius 1 is 1.26 bits per heavy atom. The Balaban J connectivity index is 2.70. The zero-order valence-corrected chi connectivity index (χ0v) is 10.0. The van der Waals surface area contributed by atoms with Crippen molar-refractivity contribution in [3.05, 3.63) is 35.1 Å². The molecule has 1 atom stereocenters. The van der Waals surface area contributed by atoms with Gasteiger partial charge in [-0.1, -0.05) is 0 Å². The fourth-order valence-corrected chi connectivity index (χ4v) is 1.41. The Labute approximate surface area is 107 Å². The van der Waals surface area contributed by atoms with Gasteiger partial charge in [-0.15, -0.1) is 0 Å². The summed E-state index contributed by atoms with van der Waals surface area (Å²) in [6.07, 6.45) is 0.0286. The first-order valence-corrected chi connectivity index (χ1v) is 5.48. The number of hydrogen-bond acceptors (Lipinski definition) is 2. The number of nitrogens with one attached hydrogen (secondary N) is 1. The van der Waals surface area contributed by atoms with Crippen molar-refractivity contribution in [3.63, 3.8) is 0 Å². The third-order valence-electron chi connectivity index (χ3n) is 2.41. The molecule has 1 unspecified atom stereocenters. The summed E-state index contributed by atoms with van der Waals surface area (Å²) in [4.78, 5) is 21.9. The molecule has 104 valence electrons. The van der Waals surface area contributed by atoms with E-state index < -0.39 is 35.4 Å². The molecule has 19 heavy (non-hydrogen) atoms. The highest BCUT2D eigenvalue weighted by Gasteiger charge is 2.16. The summed E-state index contributed by atoms with van der Waals surface area (Å²) >= 11 is 0. The van der Waals surface area contributed by atoms with Gasteiger partial charge in [0.2, 0.25) is 0 Å². The minimum absolute atomic E-state index is 0.145. The summed E-state index contributed by atoms with van der Waals surface area (Å²) in [6.45, 7) is 1.55. The summed E-state index contributed by atoms with van der Waals surface area (Å²) < 4.78 is 38.5. The van der Waals surface area contributed by atoms with Crippen molar-refractivity contribution in [1.29, 1.82) is 0 Å². The van der Waals surface area contributed by atoms with E-state index in [1.807, 2.05) is 0 Å². The summed E-state index contributed by atoms with van der Waals surface area (Å²) in [7, 11) is 0. The first-order chi connectivity index (χ1) is 8.81. The van der Waals surface area contributed by atoms with Gasteiger partial charge in [-0.05, 0) is 25.5 Å². The van der Waals surface area contributed by atoms with Gasteiger partial charge in [0, 0.05) is 18.0 Å². The lowest BCUT2D eigenvalue weighted by Crippen LogP contribution is -2.33. The molecular formula is C12H12F3NO3. The van der Waals surface area contributed by atoms with Crippen molar-refractivity contribution in [2.45, 2.75) is 25.8 Å². The maximum absolute atomic E-state index is 12.9. The summed E-state index contributed by atoms with van der Waals surface area (Å²) in [5, 5.41) is 10.8. The topological polar surface area (TPSA) is 66.4 Å². The molecule has 0 radical (unpaired) electrons. The van der Waals surface area contributed by atoms with Gasteiger partial charge in [0.05, 0.1) is 0 Å². The maximum Gasteiger partial charge on any atom is 0.303 e. The summed E-state index contributed by atoms with van der Waals surface area (Å²) in [5.74, 6) is -6.36. The lowest BCUT2D eigenvalue weighted by molar-refractivity contribution is -0.137. The average Bonchev–Trinajstić information content (AvgIpc) is 2.32. The van der Waals surface area contributed by atoms with Crippen molar-refractivity contribution in [2.24, 2.45) is 0 Å². The number of amides is 1. The van der Waals surface area contributed by atoms with E-state index in [9.17, 15) is 22.8 Å². The van der Waals surface area contributed by atoms with Crippen LogP contribution in [0.3, 0.4) is 0 Å². The number of carbonyl (C=O) groups is 2. The van der Waals surface area contributed by atoms with Gasteiger partial charge >= 0.3 is 5.97 Å². The van der Waals surface area contributed by atoms with Crippen LogP contribution in [0.4, 0.5) is 13.2 Å². The minimum atomic E-state index is -1.64. The first-order valence-electron chi connectivity index (χ1n) is 5.48. The van der Waals surface area contributed by atoms with Crippen LogP contribution in [0.5, 0.6) is 0 Å². The number of aliphatic carboxylic acids is 1. The molecule has 0 heterocycles. The van der Waals surface area contributed by atoms with E-state index in [0.717, 1.165) is 0 Å². The third kappa shape index (κ3) is 4.27. The predicted octanol–water partition coefficient (Wildman–Crippen LogP) is 2.09. The van der Waals surface area contributed by atoms with Crippen LogP contribution < -0.4 is 5.32 Å². The minimum Gasteiger partial charge on any atom is -0.481 e. The van der Waals surface area contributed by atoms with E-state index in [4.69, 9.17) is 5.11 Å². The lowest BCUT2D eigenvalue weighted by atomic mass is 10.1. The Bertz CT molecular complexity index is 482. The SMILES string of the molecule is CC(CCC(=O)O)NC(=O)c1cc(F)c(F)c(F)c1. The average molecular weight is 275 g/mol. The van der Waals surface area contributed by atoms with Crippen LogP contribution in [-0.2, 0) is 4.79 Å². The van der Waals surface area contributed by atoms with E-state index >= 15 is 0 Å². The van der Waals surface area contributed by atoms with E-state index in [0.29, 0.717) is 12.1 Å². The molecule has 1 amide bonds. The molecule has 0 spiro atoms. The number of carboxylic acid groups (broad SMARTS) is 1. The highest BCUT2D eigenvalue weighted by atomic mass is 19.2. The molecule has 1 aromatic rings. The van der Waals surface area contributed by atoms with Gasteiger partial charge in [0.25, 0.3) is 5.91 Å². The van der Waals surface area contributed by atoms with Gasteiger partial charge in [-0.3, -0.25) is 9.59 Å². The second-order valence-electron chi connectivity index (χ2n) is 4.06. The molecule has 0 aliphatic carbocycles. The number of carboxylic acids is 1. The molecular weight excluding hydrogens is 263 g/mol. The highest BCUT2D eigenvalue weighted by Crippen LogP contribution is 2.13. The molecule has 7 heteroatoms. The van der Waals surface area contributed by atoms with Gasteiger partial charge in [-0.25, -0.2) is 13.2 Å². The Hall–Kier alpha value is -2.05. The molecule has 0 aromatic heterocycles. The normalized spacial score (nSPS) is 12.0. The molecule has 2 N–H and O–H groups in total. The molecule has 0 aliphatic rings. The van der Waals surface area contributed by atoms with Crippen LogP contribution in [-0.4, -0.2) is 23.0 Å². The Morgan fingerprint density at radius 3 is 2.26 bits per heavy atom. The zero-order valence-electron chi connectivity index (χ0n) is 10.0. The van der Waals surface area contributed by atoms with Gasteiger partial charge < -0.3 is 10.4 Å². The zero-order chi connectivity index (χ0) is 14.6. The largest absolute Gasteiger partial charge is 0.481 e. The standard InChI is InChI=1S/C12H12F3NO3/c1-6(2-3-10(17)18)16-12(19)7-4-8(13)11(15)9(14)5-7/h4-6H,2-3H2,1H3,(H,16,19)(H,17,18). The van der Waals surface area contributed by atoms with Crippen LogP contribution in [0.15, 0.2) is 12.1 Å². The number of hydrogen-bond donors (Lipinski definition) is 2. The highest BCUT2D eigenvalue weighted by molar-refractivity contribution is 5.94. The van der Waals surface area contributed by atoms with Crippen molar-refractivity contribution in [3.8, 4) is 0 Å². The maximum atomic E-state index is 12.9. The van der Waals surface area contributed by atoms with Crippen LogP contribution in [0.1, 0.15) is 30.1 Å². The number of rotatable bonds is 5. The van der Waals surface area contributed by atoms with Gasteiger partial charge in [0.1, 0.15) is 0 Å². The summed E-state index contributed by atoms with van der Waals surface area (Å²) in [5.41, 5.74) is -0.362. The molecule has 0 saturated heterocycles. The lowest BCUT2D eigenvalue weighted by Gasteiger charge is -2.13. The molecule has 0 saturated carbocycles. The molecule has 4 nitrogen and oxygen atoms in total. The van der Waals surface area contributed by atoms with Crippen LogP contribution in [0, 0.1) is 17.5 Å². The molecule has 0 bridgehead atoms. The molecule has 1 rings (SSSR count). The number of benzene rings is 1. The second-order valence-corrected chi connectivity index (χ2v) is 4.06. The summed E-state index contributed by atoms with van der Waals surface area (Å²) in [6, 6.07) is 0.676. The fourth-order valence-electron chi connectivity index (χ4n) is 1.41. The van der Waals surface area contributed by atoms with E-state index in [1.165, 1.54) is 0 Å². The quantitative estimate of drug-likeness (QED) is 0.808. The number of halogens is 3. The molecule has 0 fully saturated rings. The van der Waals surface area contributed by atoms with Crippen molar-refractivity contribution >= 4 is 11.9 Å².